The number of carbonyl (C=O) groups excluding carboxylic acids is 2. The van der Waals surface area contributed by atoms with Gasteiger partial charge in [0.15, 0.2) is 5.52 Å². The van der Waals surface area contributed by atoms with Crippen LogP contribution in [0.4, 0.5) is 0 Å². The second-order valence-corrected chi connectivity index (χ2v) is 2.93. The molecule has 0 amide bonds. The summed E-state index contributed by atoms with van der Waals surface area (Å²) in [4.78, 5) is 21.3. The van der Waals surface area contributed by atoms with Crippen molar-refractivity contribution in [2.24, 2.45) is 0 Å². The summed E-state index contributed by atoms with van der Waals surface area (Å²) in [6, 6.07) is 0. The summed E-state index contributed by atoms with van der Waals surface area (Å²) >= 11 is 0. The minimum Gasteiger partial charge on any atom is -1.00 e. The number of methoxy groups -OCH3 is 1. The number of hydrogen-bond acceptors (Lipinski definition) is 5. The van der Waals surface area contributed by atoms with Gasteiger partial charge in [0.2, 0.25) is 0 Å². The molecule has 0 radical (unpaired) electrons. The van der Waals surface area contributed by atoms with Crippen molar-refractivity contribution in [1.82, 2.24) is 0 Å². The van der Waals surface area contributed by atoms with E-state index in [1.54, 1.807) is 0 Å². The maximum atomic E-state index is 10.8. The van der Waals surface area contributed by atoms with Crippen molar-refractivity contribution in [2.45, 2.75) is 12.8 Å². The molecule has 0 bridgehead atoms. The standard InChI is InChI=1S/C6H11O5P.Na.H/c1-10-5(8)2-3-6(9)12-11-4-7;;/h7,12H,2-4H2,1H3;;/q;+1;-1. The third kappa shape index (κ3) is 10.4. The van der Waals surface area contributed by atoms with E-state index in [-0.39, 0.29) is 58.2 Å². The van der Waals surface area contributed by atoms with Gasteiger partial charge in [0.25, 0.3) is 0 Å². The molecule has 0 aromatic heterocycles. The molecule has 1 N–H and O–H groups in total. The number of ether oxygens (including phenoxy) is 1. The molecule has 1 atom stereocenters. The van der Waals surface area contributed by atoms with Crippen molar-refractivity contribution in [3.05, 3.63) is 0 Å². The topological polar surface area (TPSA) is 72.8 Å². The smallest absolute Gasteiger partial charge is 1.00 e. The summed E-state index contributed by atoms with van der Waals surface area (Å²) in [5.41, 5.74) is -0.200. The monoisotopic (exact) mass is 218 g/mol. The van der Waals surface area contributed by atoms with Gasteiger partial charge in [0.1, 0.15) is 6.79 Å². The molecule has 0 saturated carbocycles. The number of rotatable bonds is 6. The van der Waals surface area contributed by atoms with Crippen LogP contribution in [-0.4, -0.2) is 30.5 Å². The van der Waals surface area contributed by atoms with Crippen LogP contribution < -0.4 is 29.6 Å². The Bertz CT molecular complexity index is 168. The van der Waals surface area contributed by atoms with Crippen LogP contribution in [0, 0.1) is 0 Å². The first-order chi connectivity index (χ1) is 5.70. The van der Waals surface area contributed by atoms with Gasteiger partial charge >= 0.3 is 35.5 Å². The van der Waals surface area contributed by atoms with Crippen LogP contribution >= 0.6 is 8.81 Å². The maximum Gasteiger partial charge on any atom is 1.00 e. The van der Waals surface area contributed by atoms with Crippen molar-refractivity contribution in [1.29, 1.82) is 0 Å². The second-order valence-electron chi connectivity index (χ2n) is 1.87. The summed E-state index contributed by atoms with van der Waals surface area (Å²) in [7, 11) is 0.874. The quantitative estimate of drug-likeness (QED) is 0.225. The summed E-state index contributed by atoms with van der Waals surface area (Å²) in [6.07, 6.45) is 0.169. The van der Waals surface area contributed by atoms with Crippen molar-refractivity contribution >= 4 is 20.3 Å². The van der Waals surface area contributed by atoms with Crippen molar-refractivity contribution in [2.75, 3.05) is 13.9 Å². The molecule has 0 saturated heterocycles. The summed E-state index contributed by atoms with van der Waals surface area (Å²) in [5, 5.41) is 8.18. The van der Waals surface area contributed by atoms with Crippen LogP contribution in [0.2, 0.25) is 0 Å². The summed E-state index contributed by atoms with van der Waals surface area (Å²) in [6.45, 7) is -0.470. The van der Waals surface area contributed by atoms with Gasteiger partial charge in [-0.25, -0.2) is 0 Å². The van der Waals surface area contributed by atoms with Gasteiger partial charge in [-0.1, -0.05) is 0 Å². The Kier molecular flexibility index (Phi) is 13.0. The van der Waals surface area contributed by atoms with E-state index < -0.39 is 12.8 Å². The van der Waals surface area contributed by atoms with E-state index in [9.17, 15) is 9.59 Å². The fourth-order valence-electron chi connectivity index (χ4n) is 0.481. The summed E-state index contributed by atoms with van der Waals surface area (Å²) in [5.74, 6) is -0.419. The number of aliphatic hydroxyl groups is 1. The first-order valence-corrected chi connectivity index (χ1v) is 4.20. The molecule has 0 aromatic carbocycles. The van der Waals surface area contributed by atoms with Gasteiger partial charge in [-0.3, -0.25) is 9.59 Å². The Morgan fingerprint density at radius 2 is 2.08 bits per heavy atom. The Morgan fingerprint density at radius 1 is 1.46 bits per heavy atom. The molecule has 5 nitrogen and oxygen atoms in total. The zero-order valence-corrected chi connectivity index (χ0v) is 10.7. The van der Waals surface area contributed by atoms with E-state index in [0.717, 1.165) is 0 Å². The average Bonchev–Trinajstić information content (AvgIpc) is 2.10. The van der Waals surface area contributed by atoms with Gasteiger partial charge in [-0.15, -0.1) is 0 Å². The number of aliphatic hydroxyl groups excluding tert-OH is 1. The predicted molar refractivity (Wildman–Crippen MR) is 43.9 cm³/mol. The van der Waals surface area contributed by atoms with E-state index in [0.29, 0.717) is 0 Å². The van der Waals surface area contributed by atoms with E-state index in [1.807, 2.05) is 0 Å². The van der Waals surface area contributed by atoms with Gasteiger partial charge in [0.05, 0.1) is 22.3 Å². The first-order valence-electron chi connectivity index (χ1n) is 3.29. The molecule has 0 fully saturated rings. The van der Waals surface area contributed by atoms with Crippen molar-refractivity contribution < 1.29 is 54.9 Å². The van der Waals surface area contributed by atoms with Crippen molar-refractivity contribution in [3.8, 4) is 0 Å². The zero-order valence-electron chi connectivity index (χ0n) is 8.70. The number of carbonyl (C=O) groups is 2. The fourth-order valence-corrected chi connectivity index (χ4v) is 0.934. The minimum absolute atomic E-state index is 0. The molecule has 0 aliphatic carbocycles. The fraction of sp³-hybridized carbons (Fsp3) is 0.667. The minimum atomic E-state index is -0.470. The molecule has 0 aliphatic rings. The van der Waals surface area contributed by atoms with Gasteiger partial charge in [0, 0.05) is 6.42 Å². The van der Waals surface area contributed by atoms with Crippen LogP contribution in [0.3, 0.4) is 0 Å². The Labute approximate surface area is 102 Å². The summed E-state index contributed by atoms with van der Waals surface area (Å²) < 4.78 is 8.77. The molecular weight excluding hydrogens is 206 g/mol. The predicted octanol–water partition coefficient (Wildman–Crippen LogP) is -2.86. The van der Waals surface area contributed by atoms with Crippen LogP contribution in [0.25, 0.3) is 0 Å². The SMILES string of the molecule is COC(=O)CCC(=O)POCO.[H-].[Na+]. The van der Waals surface area contributed by atoms with Crippen LogP contribution in [-0.2, 0) is 18.8 Å². The van der Waals surface area contributed by atoms with Crippen LogP contribution in [0.15, 0.2) is 0 Å². The van der Waals surface area contributed by atoms with E-state index in [1.165, 1.54) is 7.11 Å². The normalized spacial score (nSPS) is 9.69. The molecule has 0 spiro atoms. The van der Waals surface area contributed by atoms with Crippen LogP contribution in [0.5, 0.6) is 0 Å². The molecule has 0 heterocycles. The van der Waals surface area contributed by atoms with Gasteiger partial charge in [-0.2, -0.15) is 0 Å². The molecule has 7 heteroatoms. The second kappa shape index (κ2) is 10.6. The van der Waals surface area contributed by atoms with E-state index in [4.69, 9.17) is 5.11 Å². The first kappa shape index (κ1) is 15.9. The molecular formula is C6H12NaO5P. The third-order valence-corrected chi connectivity index (χ3v) is 1.79. The molecule has 0 rings (SSSR count). The Balaban J connectivity index is -0.000000605. The zero-order chi connectivity index (χ0) is 9.40. The van der Waals surface area contributed by atoms with Gasteiger partial charge in [-0.05, 0) is 0 Å². The van der Waals surface area contributed by atoms with E-state index in [2.05, 4.69) is 9.26 Å². The molecule has 13 heavy (non-hydrogen) atoms. The Hall–Kier alpha value is 0.490. The maximum absolute atomic E-state index is 10.8. The Morgan fingerprint density at radius 3 is 2.54 bits per heavy atom. The number of esters is 1. The molecule has 1 unspecified atom stereocenters. The molecule has 72 valence electrons. The largest absolute Gasteiger partial charge is 1.00 e. The van der Waals surface area contributed by atoms with Crippen molar-refractivity contribution in [3.63, 3.8) is 0 Å². The van der Waals surface area contributed by atoms with Crippen LogP contribution in [0.1, 0.15) is 14.3 Å². The third-order valence-electron chi connectivity index (χ3n) is 1.03. The van der Waals surface area contributed by atoms with Gasteiger partial charge < -0.3 is 15.8 Å². The molecule has 0 aromatic rings. The average molecular weight is 218 g/mol. The number of hydrogen-bond donors (Lipinski definition) is 1. The molecule has 0 aliphatic heterocycles. The van der Waals surface area contributed by atoms with E-state index >= 15 is 0 Å².